The summed E-state index contributed by atoms with van der Waals surface area (Å²) in [6.45, 7) is 1.41. The van der Waals surface area contributed by atoms with Crippen molar-refractivity contribution >= 4 is 12.5 Å². The van der Waals surface area contributed by atoms with E-state index in [1.165, 1.54) is 6.08 Å². The summed E-state index contributed by atoms with van der Waals surface area (Å²) in [6, 6.07) is 0. The van der Waals surface area contributed by atoms with Gasteiger partial charge in [0, 0.05) is 13.1 Å². The highest BCUT2D eigenvalue weighted by molar-refractivity contribution is 5.67. The van der Waals surface area contributed by atoms with Gasteiger partial charge in [-0.15, -0.1) is 0 Å². The third kappa shape index (κ3) is 12.5. The van der Waals surface area contributed by atoms with Gasteiger partial charge in [0.2, 0.25) is 6.41 Å². The van der Waals surface area contributed by atoms with E-state index in [0.29, 0.717) is 19.5 Å². The second kappa shape index (κ2) is 13.5. The number of hydrogen-bond donors (Lipinski definition) is 3. The first kappa shape index (κ1) is 16.4. The topological polar surface area (TPSA) is 87.7 Å². The molecule has 0 aromatic carbocycles. The zero-order chi connectivity index (χ0) is 13.5. The molecule has 6 heteroatoms. The number of hydrogen-bond acceptors (Lipinski definition) is 4. The second-order valence-electron chi connectivity index (χ2n) is 3.67. The molecule has 0 aliphatic heterocycles. The molecule has 0 bridgehead atoms. The van der Waals surface area contributed by atoms with E-state index in [1.807, 2.05) is 0 Å². The third-order valence-corrected chi connectivity index (χ3v) is 2.18. The molecule has 0 rings (SSSR count). The second-order valence-corrected chi connectivity index (χ2v) is 3.67. The molecule has 0 unspecified atom stereocenters. The van der Waals surface area contributed by atoms with E-state index in [4.69, 9.17) is 9.84 Å². The lowest BCUT2D eigenvalue weighted by Crippen LogP contribution is -2.25. The van der Waals surface area contributed by atoms with Gasteiger partial charge in [-0.2, -0.15) is 0 Å². The SMILES string of the molecule is O=CNCCCCCCNC(=O)OCC=CCO. The van der Waals surface area contributed by atoms with Crippen LogP contribution in [-0.4, -0.2) is 43.9 Å². The number of alkyl carbamates (subject to hydrolysis) is 1. The van der Waals surface area contributed by atoms with Crippen LogP contribution in [0.5, 0.6) is 0 Å². The van der Waals surface area contributed by atoms with Gasteiger partial charge in [0.1, 0.15) is 6.61 Å². The summed E-state index contributed by atoms with van der Waals surface area (Å²) in [5.74, 6) is 0. The predicted octanol–water partition coefficient (Wildman–Crippen LogP) is 0.567. The van der Waals surface area contributed by atoms with Gasteiger partial charge in [0.15, 0.2) is 0 Å². The Hall–Kier alpha value is -1.56. The molecule has 0 fully saturated rings. The molecule has 2 amide bonds. The van der Waals surface area contributed by atoms with E-state index in [2.05, 4.69) is 10.6 Å². The summed E-state index contributed by atoms with van der Waals surface area (Å²) in [5.41, 5.74) is 0. The van der Waals surface area contributed by atoms with Crippen molar-refractivity contribution in [3.05, 3.63) is 12.2 Å². The summed E-state index contributed by atoms with van der Waals surface area (Å²) in [6.07, 6.45) is 7.23. The first-order valence-electron chi connectivity index (χ1n) is 6.14. The van der Waals surface area contributed by atoms with Crippen molar-refractivity contribution in [1.82, 2.24) is 10.6 Å². The summed E-state index contributed by atoms with van der Waals surface area (Å²) < 4.78 is 4.81. The number of unbranched alkanes of at least 4 members (excludes halogenated alkanes) is 3. The third-order valence-electron chi connectivity index (χ3n) is 2.18. The van der Waals surface area contributed by atoms with E-state index >= 15 is 0 Å². The van der Waals surface area contributed by atoms with Gasteiger partial charge in [0.05, 0.1) is 6.61 Å². The van der Waals surface area contributed by atoms with Crippen LogP contribution < -0.4 is 10.6 Å². The Bertz CT molecular complexity index is 244. The monoisotopic (exact) mass is 258 g/mol. The fraction of sp³-hybridized carbons (Fsp3) is 0.667. The number of carbonyl (C=O) groups excluding carboxylic acids is 2. The zero-order valence-electron chi connectivity index (χ0n) is 10.6. The molecule has 0 saturated carbocycles. The van der Waals surface area contributed by atoms with Gasteiger partial charge in [-0.3, -0.25) is 4.79 Å². The molecule has 0 atom stereocenters. The largest absolute Gasteiger partial charge is 0.445 e. The van der Waals surface area contributed by atoms with Crippen molar-refractivity contribution in [2.75, 3.05) is 26.3 Å². The fourth-order valence-electron chi connectivity index (χ4n) is 1.27. The lowest BCUT2D eigenvalue weighted by Gasteiger charge is -2.05. The minimum Gasteiger partial charge on any atom is -0.445 e. The number of nitrogens with one attached hydrogen (secondary N) is 2. The number of carbonyl (C=O) groups is 2. The lowest BCUT2D eigenvalue weighted by molar-refractivity contribution is -0.109. The highest BCUT2D eigenvalue weighted by Crippen LogP contribution is 1.97. The molecule has 18 heavy (non-hydrogen) atoms. The minimum atomic E-state index is -0.444. The Morgan fingerprint density at radius 2 is 1.83 bits per heavy atom. The van der Waals surface area contributed by atoms with Gasteiger partial charge < -0.3 is 20.5 Å². The molecule has 104 valence electrons. The molecule has 0 aromatic rings. The first-order valence-corrected chi connectivity index (χ1v) is 6.14. The minimum absolute atomic E-state index is 0.0516. The molecule has 0 saturated heterocycles. The standard InChI is InChI=1S/C12H22N2O4/c15-9-5-6-10-18-12(17)14-8-4-2-1-3-7-13-11-16/h5-6,11,15H,1-4,7-10H2,(H,13,16)(H,14,17). The average Bonchev–Trinajstić information content (AvgIpc) is 2.38. The van der Waals surface area contributed by atoms with Gasteiger partial charge in [-0.05, 0) is 18.9 Å². The van der Waals surface area contributed by atoms with Crippen LogP contribution in [0.3, 0.4) is 0 Å². The highest BCUT2D eigenvalue weighted by Gasteiger charge is 1.98. The Balaban J connectivity index is 3.20. The maximum Gasteiger partial charge on any atom is 0.407 e. The van der Waals surface area contributed by atoms with E-state index in [0.717, 1.165) is 25.7 Å². The van der Waals surface area contributed by atoms with Crippen molar-refractivity contribution < 1.29 is 19.4 Å². The van der Waals surface area contributed by atoms with Crippen molar-refractivity contribution in [3.8, 4) is 0 Å². The molecule has 0 aliphatic rings. The van der Waals surface area contributed by atoms with Crippen LogP contribution in [-0.2, 0) is 9.53 Å². The Kier molecular flexibility index (Phi) is 12.3. The summed E-state index contributed by atoms with van der Waals surface area (Å²) in [7, 11) is 0. The van der Waals surface area contributed by atoms with E-state index < -0.39 is 6.09 Å². The van der Waals surface area contributed by atoms with Crippen LogP contribution in [0.15, 0.2) is 12.2 Å². The number of aliphatic hydroxyl groups is 1. The molecule has 6 nitrogen and oxygen atoms in total. The van der Waals surface area contributed by atoms with Gasteiger partial charge in [0.25, 0.3) is 0 Å². The number of amides is 2. The zero-order valence-corrected chi connectivity index (χ0v) is 10.6. The smallest absolute Gasteiger partial charge is 0.407 e. The molecule has 0 aliphatic carbocycles. The van der Waals surface area contributed by atoms with E-state index in [9.17, 15) is 9.59 Å². The first-order chi connectivity index (χ1) is 8.81. The molecule has 3 N–H and O–H groups in total. The number of ether oxygens (including phenoxy) is 1. The summed E-state index contributed by atoms with van der Waals surface area (Å²) in [4.78, 5) is 21.1. The number of aliphatic hydroxyl groups excluding tert-OH is 1. The average molecular weight is 258 g/mol. The van der Waals surface area contributed by atoms with Crippen LogP contribution >= 0.6 is 0 Å². The highest BCUT2D eigenvalue weighted by atomic mass is 16.5. The normalized spacial score (nSPS) is 10.3. The van der Waals surface area contributed by atoms with Crippen LogP contribution in [0.4, 0.5) is 4.79 Å². The van der Waals surface area contributed by atoms with E-state index in [1.54, 1.807) is 6.08 Å². The quantitative estimate of drug-likeness (QED) is 0.287. The fourth-order valence-corrected chi connectivity index (χ4v) is 1.27. The summed E-state index contributed by atoms with van der Waals surface area (Å²) >= 11 is 0. The van der Waals surface area contributed by atoms with Crippen LogP contribution in [0, 0.1) is 0 Å². The number of rotatable bonds is 11. The van der Waals surface area contributed by atoms with Gasteiger partial charge in [-0.25, -0.2) is 4.79 Å². The van der Waals surface area contributed by atoms with Crippen molar-refractivity contribution in [1.29, 1.82) is 0 Å². The van der Waals surface area contributed by atoms with Crippen molar-refractivity contribution in [3.63, 3.8) is 0 Å². The van der Waals surface area contributed by atoms with E-state index in [-0.39, 0.29) is 13.2 Å². The lowest BCUT2D eigenvalue weighted by atomic mass is 10.2. The Morgan fingerprint density at radius 1 is 1.11 bits per heavy atom. The molecule has 0 aromatic heterocycles. The van der Waals surface area contributed by atoms with Crippen LogP contribution in [0.2, 0.25) is 0 Å². The Labute approximate surface area is 107 Å². The predicted molar refractivity (Wildman–Crippen MR) is 68.1 cm³/mol. The Morgan fingerprint density at radius 3 is 2.50 bits per heavy atom. The van der Waals surface area contributed by atoms with Crippen molar-refractivity contribution in [2.45, 2.75) is 25.7 Å². The molecule has 0 spiro atoms. The van der Waals surface area contributed by atoms with Crippen LogP contribution in [0.1, 0.15) is 25.7 Å². The molecule has 0 radical (unpaired) electrons. The molecular formula is C12H22N2O4. The maximum atomic E-state index is 11.1. The summed E-state index contributed by atoms with van der Waals surface area (Å²) in [5, 5.41) is 13.7. The van der Waals surface area contributed by atoms with Gasteiger partial charge >= 0.3 is 6.09 Å². The van der Waals surface area contributed by atoms with Crippen molar-refractivity contribution in [2.24, 2.45) is 0 Å². The maximum absolute atomic E-state index is 11.1. The molecular weight excluding hydrogens is 236 g/mol. The van der Waals surface area contributed by atoms with Gasteiger partial charge in [-0.1, -0.05) is 18.9 Å². The molecule has 0 heterocycles. The van der Waals surface area contributed by atoms with Crippen LogP contribution in [0.25, 0.3) is 0 Å².